The molecule has 0 aliphatic heterocycles. The first-order valence-corrected chi connectivity index (χ1v) is 9.87. The van der Waals surface area contributed by atoms with E-state index in [0.29, 0.717) is 16.9 Å². The molecule has 0 aliphatic carbocycles. The van der Waals surface area contributed by atoms with Gasteiger partial charge in [0.05, 0.1) is 0 Å². The molecule has 0 radical (unpaired) electrons. The van der Waals surface area contributed by atoms with Crippen LogP contribution in [0.5, 0.6) is 0 Å². The number of carbonyl (C=O) groups excluding carboxylic acids is 2. The molecule has 3 aromatic rings. The fourth-order valence-corrected chi connectivity index (χ4v) is 3.07. The minimum atomic E-state index is -0.556. The summed E-state index contributed by atoms with van der Waals surface area (Å²) in [7, 11) is 0. The van der Waals surface area contributed by atoms with Gasteiger partial charge >= 0.3 is 0 Å². The number of anilines is 2. The van der Waals surface area contributed by atoms with E-state index in [2.05, 4.69) is 31.5 Å². The zero-order valence-electron chi connectivity index (χ0n) is 15.4. The first kappa shape index (κ1) is 20.8. The quantitative estimate of drug-likeness (QED) is 0.225. The molecule has 1 heterocycles. The summed E-state index contributed by atoms with van der Waals surface area (Å²) in [5.41, 5.74) is 2.41. The van der Waals surface area contributed by atoms with Gasteiger partial charge in [0.1, 0.15) is 10.7 Å². The Morgan fingerprint density at radius 2 is 1.72 bits per heavy atom. The molecule has 0 spiro atoms. The number of halogens is 2. The number of hydrogen-bond donors (Lipinski definition) is 2. The number of nitrogens with zero attached hydrogens (tertiary/aromatic N) is 1. The van der Waals surface area contributed by atoms with E-state index in [1.165, 1.54) is 12.3 Å². The van der Waals surface area contributed by atoms with Crippen LogP contribution in [0.15, 0.2) is 76.9 Å². The lowest BCUT2D eigenvalue weighted by Crippen LogP contribution is -2.25. The largest absolute Gasteiger partial charge is 0.322 e. The summed E-state index contributed by atoms with van der Waals surface area (Å²) in [5.74, 6) is -1.11. The molecular weight excluding hydrogens is 454 g/mol. The monoisotopic (exact) mass is 469 g/mol. The number of aromatic nitrogens is 1. The second-order valence-corrected chi connectivity index (χ2v) is 7.45. The Kier molecular flexibility index (Phi) is 6.80. The van der Waals surface area contributed by atoms with Crippen LogP contribution in [-0.4, -0.2) is 16.8 Å². The van der Waals surface area contributed by atoms with Crippen LogP contribution in [0.3, 0.4) is 0 Å². The number of benzene rings is 2. The Morgan fingerprint density at radius 3 is 2.45 bits per heavy atom. The van der Waals surface area contributed by atoms with Crippen molar-refractivity contribution in [2.75, 3.05) is 10.6 Å². The maximum atomic E-state index is 13.0. The molecule has 0 bridgehead atoms. The van der Waals surface area contributed by atoms with Crippen LogP contribution < -0.4 is 10.6 Å². The minimum Gasteiger partial charge on any atom is -0.322 e. The number of aryl methyl sites for hydroxylation is 1. The van der Waals surface area contributed by atoms with Crippen molar-refractivity contribution in [3.63, 3.8) is 0 Å². The highest BCUT2D eigenvalue weighted by Gasteiger charge is 2.20. The maximum absolute atomic E-state index is 13.0. The molecule has 0 saturated heterocycles. The molecule has 0 atom stereocenters. The fraction of sp³-hybridized carbons (Fsp3) is 0.0455. The number of amides is 2. The zero-order valence-corrected chi connectivity index (χ0v) is 17.8. The second-order valence-electron chi connectivity index (χ2n) is 6.17. The van der Waals surface area contributed by atoms with Gasteiger partial charge in [-0.25, -0.2) is 4.98 Å². The molecule has 2 aromatic carbocycles. The van der Waals surface area contributed by atoms with Crippen molar-refractivity contribution in [3.8, 4) is 0 Å². The van der Waals surface area contributed by atoms with Crippen LogP contribution >= 0.6 is 27.5 Å². The van der Waals surface area contributed by atoms with E-state index in [9.17, 15) is 9.59 Å². The number of hydrogen-bond acceptors (Lipinski definition) is 3. The van der Waals surface area contributed by atoms with Crippen LogP contribution in [0.4, 0.5) is 11.4 Å². The van der Waals surface area contributed by atoms with Crippen LogP contribution in [0.2, 0.25) is 5.15 Å². The van der Waals surface area contributed by atoms with E-state index in [0.717, 1.165) is 10.0 Å². The number of carbonyl (C=O) groups is 2. The minimum absolute atomic E-state index is 0.0943. The molecular formula is C22H17BrClN3O2. The van der Waals surface area contributed by atoms with Gasteiger partial charge in [-0.05, 0) is 48.9 Å². The molecule has 3 rings (SSSR count). The SMILES string of the molecule is Cc1ccc(Br)cc1NC(=O)/C(=C/c1cccnc1Cl)C(=O)Nc1ccccc1. The molecule has 29 heavy (non-hydrogen) atoms. The lowest BCUT2D eigenvalue weighted by molar-refractivity contribution is -0.118. The van der Waals surface area contributed by atoms with Crippen molar-refractivity contribution in [3.05, 3.63) is 93.2 Å². The van der Waals surface area contributed by atoms with Gasteiger partial charge in [0.25, 0.3) is 11.8 Å². The predicted molar refractivity (Wildman–Crippen MR) is 120 cm³/mol. The molecule has 146 valence electrons. The van der Waals surface area contributed by atoms with E-state index in [4.69, 9.17) is 11.6 Å². The highest BCUT2D eigenvalue weighted by atomic mass is 79.9. The Morgan fingerprint density at radius 1 is 1.00 bits per heavy atom. The van der Waals surface area contributed by atoms with Gasteiger partial charge in [0, 0.05) is 27.6 Å². The first-order valence-electron chi connectivity index (χ1n) is 8.70. The van der Waals surface area contributed by atoms with E-state index >= 15 is 0 Å². The van der Waals surface area contributed by atoms with Gasteiger partial charge < -0.3 is 10.6 Å². The smallest absolute Gasteiger partial charge is 0.261 e. The molecule has 0 saturated carbocycles. The van der Waals surface area contributed by atoms with Gasteiger partial charge in [0.15, 0.2) is 0 Å². The van der Waals surface area contributed by atoms with E-state index < -0.39 is 11.8 Å². The molecule has 0 unspecified atom stereocenters. The van der Waals surface area contributed by atoms with E-state index in [1.54, 1.807) is 42.5 Å². The highest BCUT2D eigenvalue weighted by Crippen LogP contribution is 2.23. The highest BCUT2D eigenvalue weighted by molar-refractivity contribution is 9.10. The molecule has 0 aliphatic rings. The first-order chi connectivity index (χ1) is 13.9. The molecule has 2 amide bonds. The summed E-state index contributed by atoms with van der Waals surface area (Å²) >= 11 is 9.51. The van der Waals surface area contributed by atoms with Gasteiger partial charge in [-0.15, -0.1) is 0 Å². The third-order valence-corrected chi connectivity index (χ3v) is 4.87. The van der Waals surface area contributed by atoms with Gasteiger partial charge in [0.2, 0.25) is 0 Å². The van der Waals surface area contributed by atoms with Crippen molar-refractivity contribution in [2.45, 2.75) is 6.92 Å². The number of nitrogens with one attached hydrogen (secondary N) is 2. The second kappa shape index (κ2) is 9.49. The number of rotatable bonds is 5. The van der Waals surface area contributed by atoms with E-state index in [-0.39, 0.29) is 10.7 Å². The summed E-state index contributed by atoms with van der Waals surface area (Å²) in [5, 5.41) is 5.73. The van der Waals surface area contributed by atoms with Crippen molar-refractivity contribution >= 4 is 56.8 Å². The van der Waals surface area contributed by atoms with Crippen molar-refractivity contribution < 1.29 is 9.59 Å². The Hall–Kier alpha value is -2.96. The van der Waals surface area contributed by atoms with E-state index in [1.807, 2.05) is 25.1 Å². The summed E-state index contributed by atoms with van der Waals surface area (Å²) in [6.07, 6.45) is 2.96. The summed E-state index contributed by atoms with van der Waals surface area (Å²) < 4.78 is 0.813. The average Bonchev–Trinajstić information content (AvgIpc) is 2.70. The third kappa shape index (κ3) is 5.53. The fourth-order valence-electron chi connectivity index (χ4n) is 2.53. The predicted octanol–water partition coefficient (Wildman–Crippen LogP) is 5.47. The Bertz CT molecular complexity index is 1080. The van der Waals surface area contributed by atoms with Crippen LogP contribution in [0.1, 0.15) is 11.1 Å². The topological polar surface area (TPSA) is 71.1 Å². The lowest BCUT2D eigenvalue weighted by Gasteiger charge is -2.12. The number of para-hydroxylation sites is 1. The summed E-state index contributed by atoms with van der Waals surface area (Å²) in [6, 6.07) is 17.8. The lowest BCUT2D eigenvalue weighted by atomic mass is 10.1. The Balaban J connectivity index is 1.95. The molecule has 2 N–H and O–H groups in total. The summed E-state index contributed by atoms with van der Waals surface area (Å²) in [4.78, 5) is 29.9. The average molecular weight is 471 g/mol. The normalized spacial score (nSPS) is 11.1. The van der Waals surface area contributed by atoms with Crippen LogP contribution in [0.25, 0.3) is 6.08 Å². The van der Waals surface area contributed by atoms with Gasteiger partial charge in [-0.3, -0.25) is 9.59 Å². The third-order valence-electron chi connectivity index (χ3n) is 4.06. The van der Waals surface area contributed by atoms with Crippen molar-refractivity contribution in [2.24, 2.45) is 0 Å². The van der Waals surface area contributed by atoms with Gasteiger partial charge in [-0.2, -0.15) is 0 Å². The van der Waals surface area contributed by atoms with Crippen molar-refractivity contribution in [1.29, 1.82) is 0 Å². The summed E-state index contributed by atoms with van der Waals surface area (Å²) in [6.45, 7) is 1.87. The molecule has 1 aromatic heterocycles. The van der Waals surface area contributed by atoms with Crippen LogP contribution in [0, 0.1) is 6.92 Å². The molecule has 0 fully saturated rings. The van der Waals surface area contributed by atoms with Gasteiger partial charge in [-0.1, -0.05) is 57.9 Å². The van der Waals surface area contributed by atoms with Crippen molar-refractivity contribution in [1.82, 2.24) is 4.98 Å². The zero-order chi connectivity index (χ0) is 20.8. The molecule has 5 nitrogen and oxygen atoms in total. The molecule has 7 heteroatoms. The number of pyridine rings is 1. The van der Waals surface area contributed by atoms with Crippen LogP contribution in [-0.2, 0) is 9.59 Å². The Labute approximate surface area is 181 Å². The maximum Gasteiger partial charge on any atom is 0.261 e. The standard InChI is InChI=1S/C22H17BrClN3O2/c1-14-9-10-16(23)13-19(14)27-22(29)18(12-15-6-5-11-25-20(15)24)21(28)26-17-7-3-2-4-8-17/h2-13H,1H3,(H,26,28)(H,27,29)/b18-12+.